The fourth-order valence-electron chi connectivity index (χ4n) is 5.59. The minimum atomic E-state index is 0.0991. The summed E-state index contributed by atoms with van der Waals surface area (Å²) in [6, 6.07) is 22.0. The van der Waals surface area contributed by atoms with Crippen molar-refractivity contribution in [3.05, 3.63) is 82.9 Å². The van der Waals surface area contributed by atoms with Crippen LogP contribution in [-0.2, 0) is 5.41 Å². The summed E-state index contributed by atoms with van der Waals surface area (Å²) in [7, 11) is 0. The first kappa shape index (κ1) is 19.8. The van der Waals surface area contributed by atoms with Crippen LogP contribution in [0.4, 0.5) is 0 Å². The maximum atomic E-state index is 6.17. The van der Waals surface area contributed by atoms with Crippen LogP contribution in [0.15, 0.2) is 74.9 Å². The third-order valence-electron chi connectivity index (χ3n) is 6.97. The van der Waals surface area contributed by atoms with E-state index in [1.54, 1.807) is 0 Å². The van der Waals surface area contributed by atoms with Crippen molar-refractivity contribution >= 4 is 11.8 Å². The van der Waals surface area contributed by atoms with Crippen LogP contribution in [0.1, 0.15) is 54.4 Å². The molecule has 0 amide bonds. The molecule has 0 saturated heterocycles. The van der Waals surface area contributed by atoms with Gasteiger partial charge in [-0.15, -0.1) is 10.2 Å². The van der Waals surface area contributed by atoms with Crippen molar-refractivity contribution in [2.75, 3.05) is 0 Å². The van der Waals surface area contributed by atoms with Crippen LogP contribution < -0.4 is 0 Å². The van der Waals surface area contributed by atoms with Gasteiger partial charge in [-0.1, -0.05) is 66.4 Å². The number of fused-ring (bicyclic) bond motifs is 4. The van der Waals surface area contributed by atoms with Crippen LogP contribution in [0.2, 0.25) is 0 Å². The molecule has 1 saturated carbocycles. The second kappa shape index (κ2) is 7.63. The van der Waals surface area contributed by atoms with E-state index in [-0.39, 0.29) is 5.41 Å². The Balaban J connectivity index is 1.44. The maximum Gasteiger partial charge on any atom is 0.248 e. The SMILES string of the molecule is Cc1cc(C)cc(-c2nnc(-c3ccc4c(c3)C3(CCCCC3)c3ccccc3S4)o2)c1. The summed E-state index contributed by atoms with van der Waals surface area (Å²) in [5.74, 6) is 1.17. The average molecular weight is 439 g/mol. The summed E-state index contributed by atoms with van der Waals surface area (Å²) in [6.45, 7) is 4.19. The second-order valence-electron chi connectivity index (χ2n) is 9.24. The van der Waals surface area contributed by atoms with Gasteiger partial charge in [0.15, 0.2) is 0 Å². The van der Waals surface area contributed by atoms with Crippen molar-refractivity contribution in [2.45, 2.75) is 61.2 Å². The topological polar surface area (TPSA) is 38.9 Å². The molecule has 6 rings (SSSR count). The molecule has 0 atom stereocenters. The summed E-state index contributed by atoms with van der Waals surface area (Å²) >= 11 is 1.89. The van der Waals surface area contributed by atoms with Gasteiger partial charge in [0.25, 0.3) is 0 Å². The molecule has 160 valence electrons. The Bertz CT molecular complexity index is 1300. The predicted molar refractivity (Wildman–Crippen MR) is 129 cm³/mol. The van der Waals surface area contributed by atoms with E-state index in [9.17, 15) is 0 Å². The Morgan fingerprint density at radius 1 is 0.719 bits per heavy atom. The molecular formula is C28H26N2OS. The summed E-state index contributed by atoms with van der Waals surface area (Å²) in [6.07, 6.45) is 6.30. The first-order valence-electron chi connectivity index (χ1n) is 11.5. The molecule has 0 radical (unpaired) electrons. The average Bonchev–Trinajstić information content (AvgIpc) is 3.30. The van der Waals surface area contributed by atoms with Gasteiger partial charge in [0.05, 0.1) is 0 Å². The summed E-state index contributed by atoms with van der Waals surface area (Å²) in [5.41, 5.74) is 7.42. The van der Waals surface area contributed by atoms with Gasteiger partial charge >= 0.3 is 0 Å². The van der Waals surface area contributed by atoms with Crippen LogP contribution in [0.5, 0.6) is 0 Å². The van der Waals surface area contributed by atoms with Gasteiger partial charge in [0.1, 0.15) is 0 Å². The van der Waals surface area contributed by atoms with Crippen LogP contribution in [0, 0.1) is 13.8 Å². The van der Waals surface area contributed by atoms with Gasteiger partial charge in [-0.2, -0.15) is 0 Å². The molecule has 3 nitrogen and oxygen atoms in total. The molecule has 4 heteroatoms. The monoisotopic (exact) mass is 438 g/mol. The molecule has 0 N–H and O–H groups in total. The van der Waals surface area contributed by atoms with Crippen molar-refractivity contribution in [1.29, 1.82) is 0 Å². The van der Waals surface area contributed by atoms with E-state index in [0.29, 0.717) is 11.8 Å². The summed E-state index contributed by atoms with van der Waals surface area (Å²) < 4.78 is 6.17. The molecule has 1 spiro atoms. The minimum Gasteiger partial charge on any atom is -0.416 e. The summed E-state index contributed by atoms with van der Waals surface area (Å²) in [4.78, 5) is 2.77. The molecule has 3 aromatic carbocycles. The van der Waals surface area contributed by atoms with Crippen molar-refractivity contribution in [2.24, 2.45) is 0 Å². The van der Waals surface area contributed by atoms with E-state index in [1.807, 2.05) is 11.8 Å². The van der Waals surface area contributed by atoms with Crippen LogP contribution >= 0.6 is 11.8 Å². The zero-order valence-corrected chi connectivity index (χ0v) is 19.3. The highest BCUT2D eigenvalue weighted by Crippen LogP contribution is 2.55. The Morgan fingerprint density at radius 2 is 1.41 bits per heavy atom. The van der Waals surface area contributed by atoms with Gasteiger partial charge < -0.3 is 4.42 Å². The quantitative estimate of drug-likeness (QED) is 0.321. The van der Waals surface area contributed by atoms with Crippen molar-refractivity contribution < 1.29 is 4.42 Å². The highest BCUT2D eigenvalue weighted by molar-refractivity contribution is 7.99. The molecule has 1 aromatic heterocycles. The molecule has 2 heterocycles. The lowest BCUT2D eigenvalue weighted by Gasteiger charge is -2.43. The smallest absolute Gasteiger partial charge is 0.248 e. The number of hydrogen-bond acceptors (Lipinski definition) is 4. The van der Waals surface area contributed by atoms with E-state index in [4.69, 9.17) is 4.42 Å². The van der Waals surface area contributed by atoms with Crippen molar-refractivity contribution in [1.82, 2.24) is 10.2 Å². The first-order chi connectivity index (χ1) is 15.6. The van der Waals surface area contributed by atoms with Crippen LogP contribution in [0.25, 0.3) is 22.9 Å². The first-order valence-corrected chi connectivity index (χ1v) is 12.3. The molecule has 0 unspecified atom stereocenters. The van der Waals surface area contributed by atoms with E-state index in [2.05, 4.69) is 84.7 Å². The van der Waals surface area contributed by atoms with E-state index in [0.717, 1.165) is 11.1 Å². The minimum absolute atomic E-state index is 0.0991. The Morgan fingerprint density at radius 3 is 2.19 bits per heavy atom. The highest BCUT2D eigenvalue weighted by atomic mass is 32.2. The van der Waals surface area contributed by atoms with Crippen LogP contribution in [-0.4, -0.2) is 10.2 Å². The molecule has 4 aromatic rings. The van der Waals surface area contributed by atoms with Gasteiger partial charge in [-0.25, -0.2) is 0 Å². The maximum absolute atomic E-state index is 6.17. The summed E-state index contributed by atoms with van der Waals surface area (Å²) in [5, 5.41) is 8.80. The molecule has 1 aliphatic heterocycles. The lowest BCUT2D eigenvalue weighted by Crippen LogP contribution is -2.33. The third-order valence-corrected chi connectivity index (χ3v) is 8.12. The largest absolute Gasteiger partial charge is 0.416 e. The zero-order valence-electron chi connectivity index (χ0n) is 18.5. The molecule has 0 bridgehead atoms. The van der Waals surface area contributed by atoms with Gasteiger partial charge in [0, 0.05) is 26.3 Å². The van der Waals surface area contributed by atoms with E-state index in [1.165, 1.54) is 64.1 Å². The fraction of sp³-hybridized carbons (Fsp3) is 0.286. The zero-order chi connectivity index (χ0) is 21.7. The van der Waals surface area contributed by atoms with Gasteiger partial charge in [0.2, 0.25) is 11.8 Å². The van der Waals surface area contributed by atoms with Gasteiger partial charge in [-0.3, -0.25) is 0 Å². The number of aryl methyl sites for hydroxylation is 2. The third kappa shape index (κ3) is 3.20. The number of rotatable bonds is 2. The highest BCUT2D eigenvalue weighted by Gasteiger charge is 2.42. The van der Waals surface area contributed by atoms with Crippen LogP contribution in [0.3, 0.4) is 0 Å². The van der Waals surface area contributed by atoms with Gasteiger partial charge in [-0.05, 0) is 74.2 Å². The van der Waals surface area contributed by atoms with E-state index >= 15 is 0 Å². The molecule has 32 heavy (non-hydrogen) atoms. The Hall–Kier alpha value is -2.85. The predicted octanol–water partition coefficient (Wildman–Crippen LogP) is 7.74. The normalized spacial score (nSPS) is 16.6. The number of benzene rings is 3. The Kier molecular flexibility index (Phi) is 4.72. The standard InChI is InChI=1S/C28H26N2OS/c1-18-14-19(2)16-21(15-18)27-30-29-26(31-27)20-10-11-25-23(17-20)28(12-6-3-7-13-28)22-8-4-5-9-24(22)32-25/h4-5,8-11,14-17H,3,6-7,12-13H2,1-2H3. The lowest BCUT2D eigenvalue weighted by atomic mass is 9.65. The number of hydrogen-bond donors (Lipinski definition) is 0. The molecule has 1 aliphatic carbocycles. The molecule has 1 fully saturated rings. The van der Waals surface area contributed by atoms with E-state index < -0.39 is 0 Å². The second-order valence-corrected chi connectivity index (χ2v) is 10.3. The van der Waals surface area contributed by atoms with Crippen molar-refractivity contribution in [3.63, 3.8) is 0 Å². The van der Waals surface area contributed by atoms with Crippen molar-refractivity contribution in [3.8, 4) is 22.9 Å². The number of nitrogens with zero attached hydrogens (tertiary/aromatic N) is 2. The molecular weight excluding hydrogens is 412 g/mol. The number of aromatic nitrogens is 2. The Labute approximate surface area is 193 Å². The molecule has 2 aliphatic rings. The lowest BCUT2D eigenvalue weighted by molar-refractivity contribution is 0.335. The fourth-order valence-corrected chi connectivity index (χ4v) is 6.85.